The summed E-state index contributed by atoms with van der Waals surface area (Å²) in [5, 5.41) is 0. The predicted octanol–water partition coefficient (Wildman–Crippen LogP) is 9.49. The number of anilines is 3. The number of aryl methyl sites for hydroxylation is 1. The maximum Gasteiger partial charge on any atom is 0.0462 e. The van der Waals surface area contributed by atoms with Gasteiger partial charge < -0.3 is 4.90 Å². The van der Waals surface area contributed by atoms with Crippen LogP contribution in [-0.4, -0.2) is 0 Å². The Morgan fingerprint density at radius 3 is 1.39 bits per heavy atom. The lowest BCUT2D eigenvalue weighted by molar-refractivity contribution is 1.28. The summed E-state index contributed by atoms with van der Waals surface area (Å²) in [6, 6.07) is 36.3. The topological polar surface area (TPSA) is 3.24 Å². The molecule has 4 rings (SSSR count). The molecule has 0 unspecified atom stereocenters. The van der Waals surface area contributed by atoms with Gasteiger partial charge in [-0.05, 0) is 72.5 Å². The molecule has 0 atom stereocenters. The van der Waals surface area contributed by atoms with Crippen molar-refractivity contribution in [1.82, 2.24) is 0 Å². The van der Waals surface area contributed by atoms with Gasteiger partial charge in [-0.1, -0.05) is 94.4 Å². The SMILES string of the molecule is CC.CC.Cc1cccc(-c2ccc(N(c3ccccc3)c3ccccc3)cc2)c1C. The van der Waals surface area contributed by atoms with Crippen molar-refractivity contribution < 1.29 is 0 Å². The zero-order valence-electron chi connectivity index (χ0n) is 19.8. The molecular weight excluding hydrogens is 374 g/mol. The second-order valence-electron chi connectivity index (χ2n) is 6.80. The molecule has 0 saturated carbocycles. The van der Waals surface area contributed by atoms with Crippen LogP contribution < -0.4 is 4.90 Å². The van der Waals surface area contributed by atoms with Gasteiger partial charge in [0.05, 0.1) is 0 Å². The number of hydrogen-bond acceptors (Lipinski definition) is 1. The van der Waals surface area contributed by atoms with Gasteiger partial charge in [0, 0.05) is 17.1 Å². The highest BCUT2D eigenvalue weighted by atomic mass is 15.1. The molecule has 0 aliphatic rings. The van der Waals surface area contributed by atoms with Gasteiger partial charge in [0.2, 0.25) is 0 Å². The first-order valence-electron chi connectivity index (χ1n) is 11.3. The molecular formula is C30H35N. The normalized spacial score (nSPS) is 9.61. The second-order valence-corrected chi connectivity index (χ2v) is 6.80. The summed E-state index contributed by atoms with van der Waals surface area (Å²) in [4.78, 5) is 2.28. The van der Waals surface area contributed by atoms with Crippen LogP contribution in [0, 0.1) is 13.8 Å². The molecule has 0 amide bonds. The number of hydrogen-bond donors (Lipinski definition) is 0. The van der Waals surface area contributed by atoms with E-state index in [4.69, 9.17) is 0 Å². The molecule has 0 aliphatic carbocycles. The largest absolute Gasteiger partial charge is 0.311 e. The molecule has 0 N–H and O–H groups in total. The van der Waals surface area contributed by atoms with Crippen LogP contribution in [0.1, 0.15) is 38.8 Å². The van der Waals surface area contributed by atoms with Crippen LogP contribution in [0.5, 0.6) is 0 Å². The lowest BCUT2D eigenvalue weighted by atomic mass is 9.97. The van der Waals surface area contributed by atoms with Crippen molar-refractivity contribution in [1.29, 1.82) is 0 Å². The Balaban J connectivity index is 0.000000807. The average molecular weight is 410 g/mol. The van der Waals surface area contributed by atoms with Crippen LogP contribution in [0.4, 0.5) is 17.1 Å². The van der Waals surface area contributed by atoms with Crippen molar-refractivity contribution in [3.8, 4) is 11.1 Å². The van der Waals surface area contributed by atoms with E-state index in [1.54, 1.807) is 0 Å². The monoisotopic (exact) mass is 409 g/mol. The van der Waals surface area contributed by atoms with Crippen molar-refractivity contribution in [3.63, 3.8) is 0 Å². The van der Waals surface area contributed by atoms with Crippen LogP contribution in [-0.2, 0) is 0 Å². The van der Waals surface area contributed by atoms with Gasteiger partial charge >= 0.3 is 0 Å². The number of benzene rings is 4. The molecule has 4 aromatic carbocycles. The Morgan fingerprint density at radius 2 is 0.903 bits per heavy atom. The highest BCUT2D eigenvalue weighted by Gasteiger charge is 2.12. The Kier molecular flexibility index (Phi) is 9.58. The van der Waals surface area contributed by atoms with Gasteiger partial charge in [-0.3, -0.25) is 0 Å². The summed E-state index contributed by atoms with van der Waals surface area (Å²) < 4.78 is 0. The maximum atomic E-state index is 2.28. The molecule has 0 radical (unpaired) electrons. The van der Waals surface area contributed by atoms with Crippen LogP contribution in [0.25, 0.3) is 11.1 Å². The van der Waals surface area contributed by atoms with Gasteiger partial charge in [0.15, 0.2) is 0 Å². The summed E-state index contributed by atoms with van der Waals surface area (Å²) in [5.74, 6) is 0. The highest BCUT2D eigenvalue weighted by Crippen LogP contribution is 2.35. The summed E-state index contributed by atoms with van der Waals surface area (Å²) in [5.41, 5.74) is 8.68. The molecule has 1 heteroatoms. The van der Waals surface area contributed by atoms with Crippen LogP contribution in [0.2, 0.25) is 0 Å². The zero-order valence-corrected chi connectivity index (χ0v) is 19.8. The fourth-order valence-corrected chi connectivity index (χ4v) is 3.46. The van der Waals surface area contributed by atoms with Crippen LogP contribution in [0.3, 0.4) is 0 Å². The molecule has 160 valence electrons. The minimum atomic E-state index is 1.15. The van der Waals surface area contributed by atoms with E-state index in [9.17, 15) is 0 Å². The first-order valence-corrected chi connectivity index (χ1v) is 11.3. The van der Waals surface area contributed by atoms with E-state index in [-0.39, 0.29) is 0 Å². The van der Waals surface area contributed by atoms with E-state index in [1.165, 1.54) is 22.3 Å². The fraction of sp³-hybridized carbons (Fsp3) is 0.200. The lowest BCUT2D eigenvalue weighted by Gasteiger charge is -2.25. The first-order chi connectivity index (χ1) is 15.2. The molecule has 0 heterocycles. The van der Waals surface area contributed by atoms with Crippen molar-refractivity contribution in [2.75, 3.05) is 4.90 Å². The van der Waals surface area contributed by atoms with Crippen molar-refractivity contribution in [2.24, 2.45) is 0 Å². The molecule has 31 heavy (non-hydrogen) atoms. The van der Waals surface area contributed by atoms with E-state index in [0.717, 1.165) is 17.1 Å². The smallest absolute Gasteiger partial charge is 0.0462 e. The highest BCUT2D eigenvalue weighted by molar-refractivity contribution is 5.78. The summed E-state index contributed by atoms with van der Waals surface area (Å²) in [7, 11) is 0. The third kappa shape index (κ3) is 5.86. The fourth-order valence-electron chi connectivity index (χ4n) is 3.46. The molecule has 1 nitrogen and oxygen atoms in total. The van der Waals surface area contributed by atoms with Crippen molar-refractivity contribution in [3.05, 3.63) is 114 Å². The molecule has 0 bridgehead atoms. The lowest BCUT2D eigenvalue weighted by Crippen LogP contribution is -2.09. The molecule has 4 aromatic rings. The van der Waals surface area contributed by atoms with Crippen molar-refractivity contribution >= 4 is 17.1 Å². The van der Waals surface area contributed by atoms with Gasteiger partial charge in [0.25, 0.3) is 0 Å². The molecule has 0 spiro atoms. The van der Waals surface area contributed by atoms with E-state index >= 15 is 0 Å². The van der Waals surface area contributed by atoms with Crippen molar-refractivity contribution in [2.45, 2.75) is 41.5 Å². The third-order valence-electron chi connectivity index (χ3n) is 5.07. The number of para-hydroxylation sites is 2. The quantitative estimate of drug-likeness (QED) is 0.324. The van der Waals surface area contributed by atoms with Crippen LogP contribution in [0.15, 0.2) is 103 Å². The van der Waals surface area contributed by atoms with Crippen LogP contribution >= 0.6 is 0 Å². The summed E-state index contributed by atoms with van der Waals surface area (Å²) >= 11 is 0. The predicted molar refractivity (Wildman–Crippen MR) is 139 cm³/mol. The Hall–Kier alpha value is -3.32. The Morgan fingerprint density at radius 1 is 0.452 bits per heavy atom. The van der Waals surface area contributed by atoms with E-state index in [2.05, 4.69) is 122 Å². The van der Waals surface area contributed by atoms with Gasteiger partial charge in [0.1, 0.15) is 0 Å². The Bertz CT molecular complexity index is 979. The zero-order chi connectivity index (χ0) is 22.6. The molecule has 0 fully saturated rings. The molecule has 0 aromatic heterocycles. The number of rotatable bonds is 4. The molecule has 0 saturated heterocycles. The second kappa shape index (κ2) is 12.4. The third-order valence-corrected chi connectivity index (χ3v) is 5.07. The van der Waals surface area contributed by atoms with E-state index in [0.29, 0.717) is 0 Å². The van der Waals surface area contributed by atoms with Gasteiger partial charge in [-0.15, -0.1) is 0 Å². The standard InChI is InChI=1S/C26H23N.2C2H6/c1-20-10-9-15-26(21(20)2)22-16-18-25(19-17-22)27(23-11-5-3-6-12-23)24-13-7-4-8-14-24;2*1-2/h3-19H,1-2H3;2*1-2H3. The van der Waals surface area contributed by atoms with Gasteiger partial charge in [-0.2, -0.15) is 0 Å². The summed E-state index contributed by atoms with van der Waals surface area (Å²) in [6.07, 6.45) is 0. The average Bonchev–Trinajstić information content (AvgIpc) is 2.85. The minimum absolute atomic E-state index is 1.15. The van der Waals surface area contributed by atoms with E-state index in [1.807, 2.05) is 27.7 Å². The van der Waals surface area contributed by atoms with Gasteiger partial charge in [-0.25, -0.2) is 0 Å². The molecule has 0 aliphatic heterocycles. The maximum absolute atomic E-state index is 2.28. The Labute approximate surface area is 189 Å². The minimum Gasteiger partial charge on any atom is -0.311 e. The first kappa shape index (κ1) is 24.0. The number of nitrogens with zero attached hydrogens (tertiary/aromatic N) is 1. The van der Waals surface area contributed by atoms with E-state index < -0.39 is 0 Å². The summed E-state index contributed by atoms with van der Waals surface area (Å²) in [6.45, 7) is 12.4.